The monoisotopic (exact) mass is 713 g/mol. The smallest absolute Gasteiger partial charge is 0.145 e. The lowest BCUT2D eigenvalue weighted by atomic mass is 9.94. The van der Waals surface area contributed by atoms with Crippen LogP contribution in [0.2, 0.25) is 0 Å². The fraction of sp³-hybridized carbons (Fsp3) is 0. The predicted octanol–water partition coefficient (Wildman–Crippen LogP) is 15.5. The number of hydrogen-bond donors (Lipinski definition) is 0. The van der Waals surface area contributed by atoms with Crippen molar-refractivity contribution in [2.75, 3.05) is 4.90 Å². The Hall–Kier alpha value is -7.42. The molecule has 262 valence electrons. The van der Waals surface area contributed by atoms with Gasteiger partial charge in [-0.1, -0.05) is 170 Å². The normalized spacial score (nSPS) is 11.6. The number of rotatable bonds is 6. The summed E-state index contributed by atoms with van der Waals surface area (Å²) < 4.78 is 7.26. The third-order valence-electron chi connectivity index (χ3n) is 11.2. The second-order valence-electron chi connectivity index (χ2n) is 14.5. The van der Waals surface area contributed by atoms with Gasteiger partial charge >= 0.3 is 0 Å². The van der Waals surface area contributed by atoms with Crippen molar-refractivity contribution in [2.45, 2.75) is 0 Å². The van der Waals surface area contributed by atoms with E-state index in [1.165, 1.54) is 49.2 Å². The van der Waals surface area contributed by atoms with Crippen molar-refractivity contribution >= 4 is 71.3 Å². The van der Waals surface area contributed by atoms with Crippen molar-refractivity contribution in [1.29, 1.82) is 0 Å². The minimum Gasteiger partial charge on any atom is -0.455 e. The third-order valence-corrected chi connectivity index (χ3v) is 11.2. The third kappa shape index (κ3) is 5.26. The number of nitrogens with zero attached hydrogens (tertiary/aromatic N) is 1. The van der Waals surface area contributed by atoms with Crippen molar-refractivity contribution in [3.05, 3.63) is 212 Å². The Morgan fingerprint density at radius 1 is 0.304 bits per heavy atom. The molecule has 0 fully saturated rings. The fourth-order valence-corrected chi connectivity index (χ4v) is 8.55. The topological polar surface area (TPSA) is 16.4 Å². The molecule has 0 amide bonds. The first-order valence-corrected chi connectivity index (χ1v) is 19.2. The molecule has 0 saturated carbocycles. The van der Waals surface area contributed by atoms with Gasteiger partial charge in [-0.25, -0.2) is 0 Å². The summed E-state index contributed by atoms with van der Waals surface area (Å²) in [6.45, 7) is 0. The van der Waals surface area contributed by atoms with Crippen LogP contribution >= 0.6 is 0 Å². The standard InChI is InChI=1S/C54H35NO/c1-3-13-36(14-4-1)39-25-29-43(30-26-39)55(44-31-27-40(28-32-44)37-15-5-2-6-16-37)50-34-33-45(42-24-23-38-17-7-8-18-41(38)35-42)53-52(50)51-48-21-11-9-19-46(48)47-20-10-12-22-49(47)54(51)56-53/h1-35H. The maximum absolute atomic E-state index is 7.26. The molecule has 0 atom stereocenters. The predicted molar refractivity (Wildman–Crippen MR) is 237 cm³/mol. The van der Waals surface area contributed by atoms with E-state index in [0.29, 0.717) is 0 Å². The van der Waals surface area contributed by atoms with Crippen LogP contribution in [0.5, 0.6) is 0 Å². The summed E-state index contributed by atoms with van der Waals surface area (Å²) >= 11 is 0. The fourth-order valence-electron chi connectivity index (χ4n) is 8.55. The Balaban J connectivity index is 1.22. The van der Waals surface area contributed by atoms with Crippen LogP contribution in [0.15, 0.2) is 217 Å². The summed E-state index contributed by atoms with van der Waals surface area (Å²) in [5.74, 6) is 0. The molecule has 0 saturated heterocycles. The van der Waals surface area contributed by atoms with Gasteiger partial charge < -0.3 is 9.32 Å². The Morgan fingerprint density at radius 2 is 0.786 bits per heavy atom. The zero-order valence-electron chi connectivity index (χ0n) is 30.6. The van der Waals surface area contributed by atoms with Gasteiger partial charge in [0.05, 0.1) is 11.1 Å². The summed E-state index contributed by atoms with van der Waals surface area (Å²) in [5.41, 5.74) is 11.9. The molecule has 0 bridgehead atoms. The Morgan fingerprint density at radius 3 is 1.41 bits per heavy atom. The van der Waals surface area contributed by atoms with E-state index in [1.54, 1.807) is 0 Å². The molecule has 11 rings (SSSR count). The number of anilines is 3. The number of furan rings is 1. The van der Waals surface area contributed by atoms with Gasteiger partial charge in [-0.05, 0) is 97.2 Å². The molecule has 0 aliphatic heterocycles. The molecule has 1 heterocycles. The van der Waals surface area contributed by atoms with Gasteiger partial charge in [0, 0.05) is 27.7 Å². The molecule has 0 spiro atoms. The minimum absolute atomic E-state index is 0.876. The van der Waals surface area contributed by atoms with E-state index < -0.39 is 0 Å². The van der Waals surface area contributed by atoms with E-state index in [1.807, 2.05) is 0 Å². The minimum atomic E-state index is 0.876. The van der Waals surface area contributed by atoms with E-state index in [4.69, 9.17) is 4.42 Å². The number of benzene rings is 10. The Kier molecular flexibility index (Phi) is 7.53. The summed E-state index contributed by atoms with van der Waals surface area (Å²) in [6, 6.07) is 76.3. The molecular formula is C54H35NO. The van der Waals surface area contributed by atoms with E-state index in [0.717, 1.165) is 55.5 Å². The highest BCUT2D eigenvalue weighted by molar-refractivity contribution is 6.33. The van der Waals surface area contributed by atoms with Crippen LogP contribution in [-0.4, -0.2) is 0 Å². The number of hydrogen-bond acceptors (Lipinski definition) is 2. The van der Waals surface area contributed by atoms with E-state index >= 15 is 0 Å². The van der Waals surface area contributed by atoms with Crippen LogP contribution in [0.4, 0.5) is 17.1 Å². The molecule has 1 aromatic heterocycles. The summed E-state index contributed by atoms with van der Waals surface area (Å²) in [5, 5.41) is 9.32. The Bertz CT molecular complexity index is 3130. The molecule has 0 aliphatic rings. The average Bonchev–Trinajstić information content (AvgIpc) is 3.69. The van der Waals surface area contributed by atoms with Gasteiger partial charge in [0.2, 0.25) is 0 Å². The van der Waals surface area contributed by atoms with Crippen LogP contribution < -0.4 is 4.90 Å². The van der Waals surface area contributed by atoms with Gasteiger partial charge in [0.15, 0.2) is 0 Å². The molecule has 10 aromatic carbocycles. The quantitative estimate of drug-likeness (QED) is 0.160. The molecule has 11 aromatic rings. The average molecular weight is 714 g/mol. The van der Waals surface area contributed by atoms with Gasteiger partial charge in [0.1, 0.15) is 11.2 Å². The van der Waals surface area contributed by atoms with Crippen molar-refractivity contribution in [3.8, 4) is 33.4 Å². The van der Waals surface area contributed by atoms with Crippen LogP contribution in [0, 0.1) is 0 Å². The molecule has 0 unspecified atom stereocenters. The highest BCUT2D eigenvalue weighted by Crippen LogP contribution is 2.50. The van der Waals surface area contributed by atoms with Gasteiger partial charge in [-0.3, -0.25) is 0 Å². The van der Waals surface area contributed by atoms with E-state index in [9.17, 15) is 0 Å². The van der Waals surface area contributed by atoms with E-state index in [-0.39, 0.29) is 0 Å². The van der Waals surface area contributed by atoms with Gasteiger partial charge in [0.25, 0.3) is 0 Å². The zero-order valence-corrected chi connectivity index (χ0v) is 30.6. The Labute approximate surface area is 325 Å². The lowest BCUT2D eigenvalue weighted by molar-refractivity contribution is 0.674. The van der Waals surface area contributed by atoms with Crippen molar-refractivity contribution in [2.24, 2.45) is 0 Å². The first-order valence-electron chi connectivity index (χ1n) is 19.2. The summed E-state index contributed by atoms with van der Waals surface area (Å²) in [4.78, 5) is 2.40. The van der Waals surface area contributed by atoms with Crippen molar-refractivity contribution in [1.82, 2.24) is 0 Å². The first kappa shape index (κ1) is 32.0. The van der Waals surface area contributed by atoms with Crippen LogP contribution in [-0.2, 0) is 0 Å². The molecule has 56 heavy (non-hydrogen) atoms. The maximum Gasteiger partial charge on any atom is 0.145 e. The molecular weight excluding hydrogens is 679 g/mol. The highest BCUT2D eigenvalue weighted by Gasteiger charge is 2.25. The van der Waals surface area contributed by atoms with Crippen LogP contribution in [0.25, 0.3) is 87.6 Å². The molecule has 2 heteroatoms. The van der Waals surface area contributed by atoms with Crippen molar-refractivity contribution in [3.63, 3.8) is 0 Å². The highest BCUT2D eigenvalue weighted by atomic mass is 16.3. The second kappa shape index (κ2) is 13.2. The first-order chi connectivity index (χ1) is 27.8. The number of fused-ring (bicyclic) bond motifs is 9. The molecule has 2 nitrogen and oxygen atoms in total. The summed E-state index contributed by atoms with van der Waals surface area (Å²) in [7, 11) is 0. The van der Waals surface area contributed by atoms with Crippen LogP contribution in [0.3, 0.4) is 0 Å². The molecule has 0 radical (unpaired) electrons. The van der Waals surface area contributed by atoms with E-state index in [2.05, 4.69) is 217 Å². The zero-order chi connectivity index (χ0) is 37.0. The SMILES string of the molecule is c1ccc(-c2ccc(N(c3ccc(-c4ccccc4)cc3)c3ccc(-c4ccc5ccccc5c4)c4oc5c6ccccc6c6ccccc6c5c34)cc2)cc1. The van der Waals surface area contributed by atoms with Crippen LogP contribution in [0.1, 0.15) is 0 Å². The van der Waals surface area contributed by atoms with Crippen molar-refractivity contribution < 1.29 is 4.42 Å². The second-order valence-corrected chi connectivity index (χ2v) is 14.5. The molecule has 0 N–H and O–H groups in total. The largest absolute Gasteiger partial charge is 0.455 e. The summed E-state index contributed by atoms with van der Waals surface area (Å²) in [6.07, 6.45) is 0. The lowest BCUT2D eigenvalue weighted by Gasteiger charge is -2.27. The molecule has 0 aliphatic carbocycles. The maximum atomic E-state index is 7.26. The van der Waals surface area contributed by atoms with Gasteiger partial charge in [-0.2, -0.15) is 0 Å². The van der Waals surface area contributed by atoms with Gasteiger partial charge in [-0.15, -0.1) is 0 Å². The lowest BCUT2D eigenvalue weighted by Crippen LogP contribution is -2.10.